The molecule has 0 amide bonds. The van der Waals surface area contributed by atoms with E-state index in [9.17, 15) is 5.11 Å². The third kappa shape index (κ3) is 2.33. The number of aromatic nitrogens is 2. The fourth-order valence-corrected chi connectivity index (χ4v) is 3.58. The Balaban J connectivity index is 2.00. The van der Waals surface area contributed by atoms with Crippen LogP contribution in [0, 0.1) is 0 Å². The molecule has 0 atom stereocenters. The van der Waals surface area contributed by atoms with Crippen LogP contribution in [0.5, 0.6) is 0 Å². The first-order valence-corrected chi connectivity index (χ1v) is 7.09. The van der Waals surface area contributed by atoms with Gasteiger partial charge in [-0.2, -0.15) is 0 Å². The summed E-state index contributed by atoms with van der Waals surface area (Å²) in [5, 5.41) is 10.2. The lowest BCUT2D eigenvalue weighted by Crippen LogP contribution is -1.98. The van der Waals surface area contributed by atoms with Crippen molar-refractivity contribution in [3.63, 3.8) is 0 Å². The maximum Gasteiger partial charge on any atom is 0.145 e. The van der Waals surface area contributed by atoms with Gasteiger partial charge in [0.25, 0.3) is 0 Å². The number of nitrogens with zero attached hydrogens (tertiary/aromatic N) is 2. The molecule has 3 rings (SSSR count). The highest BCUT2D eigenvalue weighted by Gasteiger charge is 2.03. The van der Waals surface area contributed by atoms with E-state index in [4.69, 9.17) is 0 Å². The minimum Gasteiger partial charge on any atom is -0.353 e. The van der Waals surface area contributed by atoms with Crippen molar-refractivity contribution in [1.82, 2.24) is 9.97 Å². The Kier molecular flexibility index (Phi) is 3.19. The van der Waals surface area contributed by atoms with Crippen LogP contribution in [0.25, 0.3) is 10.2 Å². The Bertz CT molecular complexity index is 674. The number of hydrogen-bond acceptors (Lipinski definition) is 3. The summed E-state index contributed by atoms with van der Waals surface area (Å²) in [6.07, 6.45) is 1.67. The number of benzene rings is 1. The first kappa shape index (κ1) is 11.5. The number of pyridine rings is 1. The first-order valence-electron chi connectivity index (χ1n) is 5.37. The molecule has 0 spiro atoms. The van der Waals surface area contributed by atoms with Crippen LogP contribution in [0.4, 0.5) is 0 Å². The summed E-state index contributed by atoms with van der Waals surface area (Å²) in [5.41, 5.74) is 1.57. The smallest absolute Gasteiger partial charge is 0.145 e. The number of aliphatic hydroxyl groups is 1. The molecule has 2 aromatic heterocycles. The highest BCUT2D eigenvalue weighted by molar-refractivity contribution is 8.00. The summed E-state index contributed by atoms with van der Waals surface area (Å²) >= 11 is 2.29. The molecular weight excluding hydrogens is 264 g/mol. The number of thiol groups is 1. The zero-order valence-corrected chi connectivity index (χ0v) is 11.0. The number of fused-ring (bicyclic) bond motifs is 1. The van der Waals surface area contributed by atoms with Gasteiger partial charge in [-0.3, -0.25) is 4.98 Å². The first-order chi connectivity index (χ1) is 8.83. The van der Waals surface area contributed by atoms with Gasteiger partial charge in [-0.25, -0.2) is 4.98 Å². The predicted molar refractivity (Wildman–Crippen MR) is 77.8 cm³/mol. The van der Waals surface area contributed by atoms with Crippen molar-refractivity contribution in [2.75, 3.05) is 0 Å². The highest BCUT2D eigenvalue weighted by Crippen LogP contribution is 2.26. The summed E-state index contributed by atoms with van der Waals surface area (Å²) in [7, 11) is 0. The van der Waals surface area contributed by atoms with Crippen molar-refractivity contribution in [1.29, 1.82) is 0 Å². The SMILES string of the molecule is OC(=[SH]c1nc2ccccc2s1)c1ccccn1. The van der Waals surface area contributed by atoms with Gasteiger partial charge in [-0.15, -0.1) is 22.7 Å². The van der Waals surface area contributed by atoms with Gasteiger partial charge in [0.05, 0.1) is 15.9 Å². The van der Waals surface area contributed by atoms with E-state index < -0.39 is 0 Å². The molecule has 1 aromatic carbocycles. The Hall–Kier alpha value is -1.56. The molecule has 0 aliphatic carbocycles. The third-order valence-electron chi connectivity index (χ3n) is 2.38. The molecule has 0 saturated heterocycles. The van der Waals surface area contributed by atoms with Crippen molar-refractivity contribution in [3.8, 4) is 0 Å². The summed E-state index contributed by atoms with van der Waals surface area (Å²) in [6.45, 7) is 0. The van der Waals surface area contributed by atoms with E-state index >= 15 is 0 Å². The van der Waals surface area contributed by atoms with Gasteiger partial charge in [-0.05, 0) is 24.3 Å². The van der Waals surface area contributed by atoms with E-state index in [1.54, 1.807) is 23.6 Å². The lowest BCUT2D eigenvalue weighted by molar-refractivity contribution is 0.568. The minimum absolute atomic E-state index is 0.231. The van der Waals surface area contributed by atoms with Crippen LogP contribution >= 0.6 is 22.7 Å². The fraction of sp³-hybridized carbons (Fsp3) is 0. The van der Waals surface area contributed by atoms with Gasteiger partial charge >= 0.3 is 0 Å². The molecule has 0 radical (unpaired) electrons. The molecular formula is C13H10N2OS2. The molecule has 90 valence electrons. The molecule has 0 aliphatic rings. The number of thiazole rings is 1. The van der Waals surface area contributed by atoms with Crippen molar-refractivity contribution < 1.29 is 5.11 Å². The number of rotatable bonds is 2. The second kappa shape index (κ2) is 4.97. The average molecular weight is 274 g/mol. The van der Waals surface area contributed by atoms with Crippen LogP contribution < -0.4 is 0 Å². The second-order valence-electron chi connectivity index (χ2n) is 3.61. The Morgan fingerprint density at radius 3 is 2.72 bits per heavy atom. The standard InChI is InChI=1S/C13H10N2OS2/c16-12(10-6-3-4-8-14-10)18-13-15-9-5-1-2-7-11(9)17-13/h1-8,16,18H. The normalized spacial score (nSPS) is 12.4. The van der Waals surface area contributed by atoms with E-state index in [0.717, 1.165) is 14.6 Å². The van der Waals surface area contributed by atoms with Crippen molar-refractivity contribution in [2.24, 2.45) is 0 Å². The second-order valence-corrected chi connectivity index (χ2v) is 6.02. The van der Waals surface area contributed by atoms with Crippen LogP contribution in [0.2, 0.25) is 0 Å². The van der Waals surface area contributed by atoms with Crippen molar-refractivity contribution in [3.05, 3.63) is 54.4 Å². The zero-order valence-electron chi connectivity index (χ0n) is 9.32. The molecule has 3 aromatic rings. The zero-order chi connectivity index (χ0) is 12.4. The molecule has 18 heavy (non-hydrogen) atoms. The molecule has 0 unspecified atom stereocenters. The lowest BCUT2D eigenvalue weighted by Gasteiger charge is -1.96. The number of aliphatic hydroxyl groups excluding tert-OH is 1. The maximum atomic E-state index is 10.0. The van der Waals surface area contributed by atoms with Crippen LogP contribution in [0.1, 0.15) is 5.69 Å². The molecule has 0 aliphatic heterocycles. The number of hydrogen-bond donors (Lipinski definition) is 2. The quantitative estimate of drug-likeness (QED) is 0.557. The Morgan fingerprint density at radius 1 is 1.11 bits per heavy atom. The fourth-order valence-electron chi connectivity index (χ4n) is 1.55. The van der Waals surface area contributed by atoms with Gasteiger partial charge in [-0.1, -0.05) is 18.2 Å². The van der Waals surface area contributed by atoms with Gasteiger partial charge < -0.3 is 5.11 Å². The molecule has 0 bridgehead atoms. The summed E-state index contributed by atoms with van der Waals surface area (Å²) < 4.78 is 2.01. The molecule has 3 nitrogen and oxygen atoms in total. The maximum absolute atomic E-state index is 10.0. The predicted octanol–water partition coefficient (Wildman–Crippen LogP) is 3.25. The van der Waals surface area contributed by atoms with Crippen LogP contribution in [0.3, 0.4) is 0 Å². The average Bonchev–Trinajstić information content (AvgIpc) is 2.82. The lowest BCUT2D eigenvalue weighted by atomic mass is 10.3. The van der Waals surface area contributed by atoms with E-state index in [1.165, 1.54) is 0 Å². The minimum atomic E-state index is 0.231. The van der Waals surface area contributed by atoms with Crippen LogP contribution in [-0.2, 0) is 0 Å². The van der Waals surface area contributed by atoms with Crippen molar-refractivity contribution >= 4 is 38.0 Å². The largest absolute Gasteiger partial charge is 0.353 e. The molecule has 0 fully saturated rings. The number of para-hydroxylation sites is 1. The molecule has 2 heterocycles. The van der Waals surface area contributed by atoms with Gasteiger partial charge in [0.1, 0.15) is 9.39 Å². The molecule has 1 N–H and O–H groups in total. The van der Waals surface area contributed by atoms with Gasteiger partial charge in [0.2, 0.25) is 0 Å². The Morgan fingerprint density at radius 2 is 1.94 bits per heavy atom. The van der Waals surface area contributed by atoms with Crippen LogP contribution in [0.15, 0.2) is 53.0 Å². The van der Waals surface area contributed by atoms with E-state index in [-0.39, 0.29) is 5.05 Å². The third-order valence-corrected chi connectivity index (χ3v) is 4.50. The van der Waals surface area contributed by atoms with Gasteiger partial charge in [0.15, 0.2) is 0 Å². The summed E-state index contributed by atoms with van der Waals surface area (Å²) in [5.74, 6) is 0. The van der Waals surface area contributed by atoms with Crippen LogP contribution in [-0.4, -0.2) is 20.1 Å². The highest BCUT2D eigenvalue weighted by atomic mass is 32.2. The van der Waals surface area contributed by atoms with E-state index in [2.05, 4.69) is 9.97 Å². The monoisotopic (exact) mass is 274 g/mol. The summed E-state index contributed by atoms with van der Waals surface area (Å²) in [4.78, 5) is 8.59. The molecule has 5 heteroatoms. The van der Waals surface area contributed by atoms with E-state index in [0.29, 0.717) is 17.0 Å². The van der Waals surface area contributed by atoms with Crippen molar-refractivity contribution in [2.45, 2.75) is 4.34 Å². The Labute approximate surface area is 112 Å². The summed E-state index contributed by atoms with van der Waals surface area (Å²) in [6, 6.07) is 13.4. The topological polar surface area (TPSA) is 46.0 Å². The van der Waals surface area contributed by atoms with Gasteiger partial charge in [0, 0.05) is 6.20 Å². The van der Waals surface area contributed by atoms with E-state index in [1.807, 2.05) is 36.4 Å². The molecule has 0 saturated carbocycles.